The van der Waals surface area contributed by atoms with Gasteiger partial charge in [-0.05, 0) is 45.7 Å². The van der Waals surface area contributed by atoms with Crippen molar-refractivity contribution >= 4 is 17.7 Å². The molecule has 1 aromatic rings. The molecule has 0 bridgehead atoms. The number of benzene rings is 1. The maximum absolute atomic E-state index is 11.5. The van der Waals surface area contributed by atoms with Crippen LogP contribution in [-0.2, 0) is 14.3 Å². The number of nitrogens with zero attached hydrogens (tertiary/aromatic N) is 2. The van der Waals surface area contributed by atoms with Crippen molar-refractivity contribution in [3.05, 3.63) is 29.8 Å². The Kier molecular flexibility index (Phi) is 16.0. The zero-order valence-electron chi connectivity index (χ0n) is 22.6. The highest BCUT2D eigenvalue weighted by molar-refractivity contribution is 5.71. The predicted molar refractivity (Wildman–Crippen MR) is 140 cm³/mol. The molecule has 196 valence electrons. The molecule has 0 atom stereocenters. The van der Waals surface area contributed by atoms with Gasteiger partial charge in [0.05, 0.1) is 19.3 Å². The summed E-state index contributed by atoms with van der Waals surface area (Å²) in [5, 5.41) is 4.46. The molecule has 1 amide bonds. The lowest BCUT2D eigenvalue weighted by Crippen LogP contribution is -2.38. The number of methoxy groups -OCH3 is 1. The third kappa shape index (κ3) is 17.2. The number of amides is 1. The van der Waals surface area contributed by atoms with E-state index in [-0.39, 0.29) is 18.6 Å². The molecule has 0 aromatic heterocycles. The van der Waals surface area contributed by atoms with Gasteiger partial charge < -0.3 is 24.7 Å². The van der Waals surface area contributed by atoms with Gasteiger partial charge in [0.25, 0.3) is 0 Å². The Bertz CT molecular complexity index is 681. The second kappa shape index (κ2) is 17.2. The molecule has 2 rings (SSSR count). The summed E-state index contributed by atoms with van der Waals surface area (Å²) in [4.78, 5) is 23.8. The van der Waals surface area contributed by atoms with Gasteiger partial charge >= 0.3 is 12.1 Å². The van der Waals surface area contributed by atoms with E-state index in [0.717, 1.165) is 11.6 Å². The lowest BCUT2D eigenvalue weighted by atomic mass is 9.91. The Hall–Kier alpha value is -2.32. The molecule has 0 spiro atoms. The van der Waals surface area contributed by atoms with Crippen LogP contribution in [0.1, 0.15) is 65.4 Å². The van der Waals surface area contributed by atoms with Crippen molar-refractivity contribution in [3.8, 4) is 0 Å². The topological polar surface area (TPSA) is 97.1 Å². The highest BCUT2D eigenvalue weighted by Gasteiger charge is 2.19. The lowest BCUT2D eigenvalue weighted by Gasteiger charge is -2.24. The number of carbonyl (C=O) groups excluding carboxylic acids is 2. The monoisotopic (exact) mass is 480 g/mol. The number of hydrazine groups is 1. The molecule has 1 fully saturated rings. The molecule has 0 aliphatic heterocycles. The van der Waals surface area contributed by atoms with E-state index in [1.165, 1.54) is 49.7 Å². The second-order valence-corrected chi connectivity index (χ2v) is 9.84. The smallest absolute Gasteiger partial charge is 0.410 e. The van der Waals surface area contributed by atoms with E-state index in [9.17, 15) is 9.59 Å². The van der Waals surface area contributed by atoms with E-state index >= 15 is 0 Å². The summed E-state index contributed by atoms with van der Waals surface area (Å²) in [5.41, 5.74) is 1.79. The fourth-order valence-corrected chi connectivity index (χ4v) is 3.03. The summed E-state index contributed by atoms with van der Waals surface area (Å²) in [6, 6.07) is 8.07. The van der Waals surface area contributed by atoms with Crippen molar-refractivity contribution in [1.29, 1.82) is 0 Å². The number of hydrogen-bond acceptors (Lipinski definition) is 7. The molecule has 1 aromatic carbocycles. The third-order valence-electron chi connectivity index (χ3n) is 5.16. The minimum absolute atomic E-state index is 0.138. The minimum Gasteiger partial charge on any atom is -0.468 e. The summed E-state index contributed by atoms with van der Waals surface area (Å²) < 4.78 is 9.63. The Morgan fingerprint density at radius 3 is 2.06 bits per heavy atom. The van der Waals surface area contributed by atoms with E-state index in [2.05, 4.69) is 23.9 Å². The average Bonchev–Trinajstić information content (AvgIpc) is 2.77. The van der Waals surface area contributed by atoms with Gasteiger partial charge in [0.15, 0.2) is 0 Å². The molecular formula is C26H48N4O4. The number of nitrogens with two attached hydrogens (primary N) is 1. The van der Waals surface area contributed by atoms with Crippen LogP contribution in [0.4, 0.5) is 10.5 Å². The molecule has 1 saturated carbocycles. The molecule has 3 N–H and O–H groups in total. The zero-order valence-corrected chi connectivity index (χ0v) is 22.6. The number of likely N-dealkylation sites (N-methyl/N-ethyl adjacent to an activating group) is 1. The highest BCUT2D eigenvalue weighted by atomic mass is 16.6. The summed E-state index contributed by atoms with van der Waals surface area (Å²) in [6.45, 7) is 11.0. The highest BCUT2D eigenvalue weighted by Crippen LogP contribution is 2.22. The molecule has 0 unspecified atom stereocenters. The predicted octanol–water partition coefficient (Wildman–Crippen LogP) is 4.51. The lowest BCUT2D eigenvalue weighted by molar-refractivity contribution is -0.139. The molecule has 8 heteroatoms. The number of anilines is 1. The Morgan fingerprint density at radius 1 is 1.09 bits per heavy atom. The largest absolute Gasteiger partial charge is 0.468 e. The van der Waals surface area contributed by atoms with Crippen LogP contribution in [0.25, 0.3) is 0 Å². The number of aryl methyl sites for hydroxylation is 1. The van der Waals surface area contributed by atoms with Gasteiger partial charge in [-0.2, -0.15) is 0 Å². The maximum atomic E-state index is 11.5. The van der Waals surface area contributed by atoms with Crippen LogP contribution in [0, 0.1) is 12.8 Å². The van der Waals surface area contributed by atoms with Crippen LogP contribution in [0.15, 0.2) is 24.3 Å². The van der Waals surface area contributed by atoms with Crippen molar-refractivity contribution in [3.63, 3.8) is 0 Å². The first-order valence-corrected chi connectivity index (χ1v) is 12.1. The van der Waals surface area contributed by atoms with Gasteiger partial charge in [0.1, 0.15) is 5.60 Å². The second-order valence-electron chi connectivity index (χ2n) is 9.84. The third-order valence-corrected chi connectivity index (χ3v) is 5.16. The average molecular weight is 481 g/mol. The number of esters is 1. The van der Waals surface area contributed by atoms with Gasteiger partial charge in [-0.3, -0.25) is 4.79 Å². The maximum Gasteiger partial charge on any atom is 0.410 e. The van der Waals surface area contributed by atoms with Crippen LogP contribution < -0.4 is 16.2 Å². The molecule has 0 radical (unpaired) electrons. The fraction of sp³-hybridized carbons (Fsp3) is 0.692. The summed E-state index contributed by atoms with van der Waals surface area (Å²) in [6.07, 6.45) is 7.06. The molecule has 8 nitrogen and oxygen atoms in total. The van der Waals surface area contributed by atoms with Gasteiger partial charge in [-0.25, -0.2) is 10.6 Å². The van der Waals surface area contributed by atoms with E-state index < -0.39 is 5.60 Å². The first-order chi connectivity index (χ1) is 15.9. The Labute approximate surface area is 207 Å². The Morgan fingerprint density at radius 2 is 1.65 bits per heavy atom. The van der Waals surface area contributed by atoms with E-state index in [1.807, 2.05) is 52.1 Å². The Balaban J connectivity index is 0.000000534. The van der Waals surface area contributed by atoms with Gasteiger partial charge in [-0.1, -0.05) is 56.7 Å². The van der Waals surface area contributed by atoms with Crippen molar-refractivity contribution < 1.29 is 19.1 Å². The van der Waals surface area contributed by atoms with Crippen LogP contribution in [-0.4, -0.2) is 63.4 Å². The number of nitrogens with one attached hydrogen (secondary N) is 1. The minimum atomic E-state index is -0.495. The molecule has 1 aliphatic carbocycles. The first kappa shape index (κ1) is 31.7. The first-order valence-electron chi connectivity index (χ1n) is 12.1. The van der Waals surface area contributed by atoms with Crippen molar-refractivity contribution in [1.82, 2.24) is 10.2 Å². The fourth-order valence-electron chi connectivity index (χ4n) is 3.03. The van der Waals surface area contributed by atoms with Crippen LogP contribution in [0.5, 0.6) is 0 Å². The molecule has 34 heavy (non-hydrogen) atoms. The molecular weight excluding hydrogens is 432 g/mol. The van der Waals surface area contributed by atoms with Crippen molar-refractivity contribution in [2.75, 3.05) is 45.8 Å². The number of hydrogen-bond donors (Lipinski definition) is 2. The van der Waals surface area contributed by atoms with Gasteiger partial charge in [-0.15, -0.1) is 0 Å². The number of carbonyl (C=O) groups is 2. The van der Waals surface area contributed by atoms with Crippen LogP contribution >= 0.6 is 0 Å². The van der Waals surface area contributed by atoms with Crippen molar-refractivity contribution in [2.24, 2.45) is 11.8 Å². The van der Waals surface area contributed by atoms with Crippen molar-refractivity contribution in [2.45, 2.75) is 72.3 Å². The van der Waals surface area contributed by atoms with E-state index in [4.69, 9.17) is 10.6 Å². The molecule has 1 aliphatic rings. The zero-order chi connectivity index (χ0) is 26.1. The quantitative estimate of drug-likeness (QED) is 0.268. The summed E-state index contributed by atoms with van der Waals surface area (Å²) in [5.74, 6) is 6.20. The standard InChI is InChI=1S/C11H22N2O4.C8H12N2.C7H14/c1-11(2,3)17-10(15)13(4)7-6-12-8-9(14)16-5;1-7-3-5-8(6-4-7)10(2)9;1-7-5-3-2-4-6-7/h12H,6-8H2,1-5H3;3-6H,9H2,1-2H3;7H,2-6H2,1H3. The van der Waals surface area contributed by atoms with E-state index in [1.54, 1.807) is 12.1 Å². The molecule has 0 heterocycles. The van der Waals surface area contributed by atoms with Crippen LogP contribution in [0.3, 0.4) is 0 Å². The number of rotatable bonds is 6. The SMILES string of the molecule is CC1CCCCC1.COC(=O)CNCCN(C)C(=O)OC(C)(C)C.Cc1ccc(N(C)N)cc1. The number of ether oxygens (including phenoxy) is 2. The summed E-state index contributed by atoms with van der Waals surface area (Å²) in [7, 11) is 4.80. The van der Waals surface area contributed by atoms with E-state index in [0.29, 0.717) is 13.1 Å². The summed E-state index contributed by atoms with van der Waals surface area (Å²) >= 11 is 0. The van der Waals surface area contributed by atoms with Crippen LogP contribution in [0.2, 0.25) is 0 Å². The van der Waals surface area contributed by atoms with Gasteiger partial charge in [0, 0.05) is 27.2 Å². The normalized spacial score (nSPS) is 13.4. The van der Waals surface area contributed by atoms with Gasteiger partial charge in [0.2, 0.25) is 0 Å². The molecule has 0 saturated heterocycles.